The molecular formula is C14H20ClNO2. The van der Waals surface area contributed by atoms with Crippen molar-refractivity contribution in [1.82, 2.24) is 0 Å². The monoisotopic (exact) mass is 269 g/mol. The molecular weight excluding hydrogens is 250 g/mol. The SMILES string of the molecule is COc1cc(Cl)c(C2(CN)CC2)cc1OC(C)C. The standard InChI is InChI=1S/C14H20ClNO2/c1-9(2)18-13-6-10(14(8-16)4-5-14)11(15)7-12(13)17-3/h6-7,9H,4-5,8,16H2,1-3H3. The summed E-state index contributed by atoms with van der Waals surface area (Å²) in [6, 6.07) is 3.81. The molecule has 2 rings (SSSR count). The first-order valence-corrected chi connectivity index (χ1v) is 6.65. The zero-order valence-electron chi connectivity index (χ0n) is 11.1. The second-order valence-corrected chi connectivity index (χ2v) is 5.54. The van der Waals surface area contributed by atoms with Gasteiger partial charge in [-0.05, 0) is 38.3 Å². The van der Waals surface area contributed by atoms with Gasteiger partial charge in [-0.1, -0.05) is 11.6 Å². The Morgan fingerprint density at radius 1 is 1.33 bits per heavy atom. The largest absolute Gasteiger partial charge is 0.493 e. The fourth-order valence-electron chi connectivity index (χ4n) is 2.18. The van der Waals surface area contributed by atoms with E-state index in [1.54, 1.807) is 7.11 Å². The van der Waals surface area contributed by atoms with E-state index in [-0.39, 0.29) is 11.5 Å². The topological polar surface area (TPSA) is 44.5 Å². The van der Waals surface area contributed by atoms with E-state index in [0.29, 0.717) is 17.3 Å². The molecule has 0 atom stereocenters. The number of hydrogen-bond donors (Lipinski definition) is 1. The molecule has 0 unspecified atom stereocenters. The molecule has 1 aliphatic rings. The molecule has 0 radical (unpaired) electrons. The third-order valence-electron chi connectivity index (χ3n) is 3.43. The summed E-state index contributed by atoms with van der Waals surface area (Å²) in [7, 11) is 1.62. The minimum Gasteiger partial charge on any atom is -0.493 e. The van der Waals surface area contributed by atoms with Crippen molar-refractivity contribution in [2.45, 2.75) is 38.2 Å². The third kappa shape index (κ3) is 2.43. The van der Waals surface area contributed by atoms with E-state index in [1.165, 1.54) is 0 Å². The van der Waals surface area contributed by atoms with E-state index in [2.05, 4.69) is 0 Å². The first-order valence-electron chi connectivity index (χ1n) is 6.27. The maximum atomic E-state index is 6.33. The second-order valence-electron chi connectivity index (χ2n) is 5.13. The Morgan fingerprint density at radius 3 is 2.44 bits per heavy atom. The molecule has 1 aromatic carbocycles. The molecule has 100 valence electrons. The first kappa shape index (κ1) is 13.5. The summed E-state index contributed by atoms with van der Waals surface area (Å²) in [4.78, 5) is 0. The second kappa shape index (κ2) is 4.98. The number of nitrogens with two attached hydrogens (primary N) is 1. The number of methoxy groups -OCH3 is 1. The predicted octanol–water partition coefficient (Wildman–Crippen LogP) is 3.13. The number of halogens is 1. The minimum absolute atomic E-state index is 0.0540. The molecule has 1 fully saturated rings. The fraction of sp³-hybridized carbons (Fsp3) is 0.571. The Hall–Kier alpha value is -0.930. The van der Waals surface area contributed by atoms with Gasteiger partial charge in [0, 0.05) is 23.0 Å². The molecule has 1 aliphatic carbocycles. The number of hydrogen-bond acceptors (Lipinski definition) is 3. The maximum absolute atomic E-state index is 6.33. The lowest BCUT2D eigenvalue weighted by Gasteiger charge is -2.20. The normalized spacial score (nSPS) is 16.8. The van der Waals surface area contributed by atoms with Gasteiger partial charge < -0.3 is 15.2 Å². The summed E-state index contributed by atoms with van der Waals surface area (Å²) < 4.78 is 11.1. The molecule has 1 aromatic rings. The average molecular weight is 270 g/mol. The molecule has 4 heteroatoms. The van der Waals surface area contributed by atoms with Crippen LogP contribution in [0.3, 0.4) is 0 Å². The maximum Gasteiger partial charge on any atom is 0.162 e. The molecule has 0 aromatic heterocycles. The molecule has 0 saturated heterocycles. The van der Waals surface area contributed by atoms with Gasteiger partial charge in [0.2, 0.25) is 0 Å². The van der Waals surface area contributed by atoms with E-state index in [0.717, 1.165) is 24.2 Å². The molecule has 3 nitrogen and oxygen atoms in total. The Morgan fingerprint density at radius 2 is 2.00 bits per heavy atom. The summed E-state index contributed by atoms with van der Waals surface area (Å²) in [5.74, 6) is 1.41. The van der Waals surface area contributed by atoms with Gasteiger partial charge >= 0.3 is 0 Å². The smallest absolute Gasteiger partial charge is 0.162 e. The molecule has 0 heterocycles. The molecule has 2 N–H and O–H groups in total. The lowest BCUT2D eigenvalue weighted by atomic mass is 9.95. The predicted molar refractivity (Wildman–Crippen MR) is 73.7 cm³/mol. The molecule has 18 heavy (non-hydrogen) atoms. The highest BCUT2D eigenvalue weighted by atomic mass is 35.5. The van der Waals surface area contributed by atoms with Crippen molar-refractivity contribution < 1.29 is 9.47 Å². The number of ether oxygens (including phenoxy) is 2. The van der Waals surface area contributed by atoms with Gasteiger partial charge in [-0.25, -0.2) is 0 Å². The Kier molecular flexibility index (Phi) is 3.74. The molecule has 0 spiro atoms. The van der Waals surface area contributed by atoms with Crippen LogP contribution in [0.1, 0.15) is 32.3 Å². The van der Waals surface area contributed by atoms with Crippen molar-refractivity contribution in [3.05, 3.63) is 22.7 Å². The Labute approximate surface area is 113 Å². The average Bonchev–Trinajstić information content (AvgIpc) is 3.11. The van der Waals surface area contributed by atoms with Crippen molar-refractivity contribution in [2.24, 2.45) is 5.73 Å². The van der Waals surface area contributed by atoms with Crippen LogP contribution in [0.5, 0.6) is 11.5 Å². The van der Waals surface area contributed by atoms with Gasteiger partial charge in [0.25, 0.3) is 0 Å². The van der Waals surface area contributed by atoms with Crippen LogP contribution in [0.15, 0.2) is 12.1 Å². The van der Waals surface area contributed by atoms with Crippen molar-refractivity contribution in [1.29, 1.82) is 0 Å². The molecule has 1 saturated carbocycles. The van der Waals surface area contributed by atoms with Crippen LogP contribution in [-0.2, 0) is 5.41 Å². The number of benzene rings is 1. The highest BCUT2D eigenvalue weighted by Gasteiger charge is 2.44. The third-order valence-corrected chi connectivity index (χ3v) is 3.74. The number of rotatable bonds is 5. The van der Waals surface area contributed by atoms with Gasteiger partial charge in [0.05, 0.1) is 13.2 Å². The molecule has 0 bridgehead atoms. The quantitative estimate of drug-likeness (QED) is 0.893. The van der Waals surface area contributed by atoms with Crippen LogP contribution in [0.2, 0.25) is 5.02 Å². The zero-order valence-corrected chi connectivity index (χ0v) is 11.9. The van der Waals surface area contributed by atoms with Gasteiger partial charge in [0.1, 0.15) is 0 Å². The summed E-state index contributed by atoms with van der Waals surface area (Å²) in [5.41, 5.74) is 7.00. The summed E-state index contributed by atoms with van der Waals surface area (Å²) >= 11 is 6.33. The van der Waals surface area contributed by atoms with E-state index >= 15 is 0 Å². The van der Waals surface area contributed by atoms with Gasteiger partial charge in [-0.2, -0.15) is 0 Å². The van der Waals surface area contributed by atoms with Crippen molar-refractivity contribution in [3.8, 4) is 11.5 Å². The van der Waals surface area contributed by atoms with Crippen LogP contribution in [0.4, 0.5) is 0 Å². The lowest BCUT2D eigenvalue weighted by molar-refractivity contribution is 0.229. The zero-order chi connectivity index (χ0) is 13.3. The Balaban J connectivity index is 2.42. The van der Waals surface area contributed by atoms with Crippen LogP contribution in [0.25, 0.3) is 0 Å². The highest BCUT2D eigenvalue weighted by Crippen LogP contribution is 2.51. The summed E-state index contributed by atoms with van der Waals surface area (Å²) in [6.45, 7) is 4.60. The van der Waals surface area contributed by atoms with Gasteiger partial charge in [0.15, 0.2) is 11.5 Å². The summed E-state index contributed by atoms with van der Waals surface area (Å²) in [6.07, 6.45) is 2.29. The molecule has 0 amide bonds. The lowest BCUT2D eigenvalue weighted by Crippen LogP contribution is -2.20. The van der Waals surface area contributed by atoms with E-state index in [4.69, 9.17) is 26.8 Å². The van der Waals surface area contributed by atoms with Crippen LogP contribution in [-0.4, -0.2) is 19.8 Å². The van der Waals surface area contributed by atoms with Crippen molar-refractivity contribution in [3.63, 3.8) is 0 Å². The summed E-state index contributed by atoms with van der Waals surface area (Å²) in [5, 5.41) is 0.714. The van der Waals surface area contributed by atoms with Gasteiger partial charge in [-0.15, -0.1) is 0 Å². The minimum atomic E-state index is 0.0540. The van der Waals surface area contributed by atoms with Crippen LogP contribution >= 0.6 is 11.6 Å². The van der Waals surface area contributed by atoms with Crippen molar-refractivity contribution in [2.75, 3.05) is 13.7 Å². The van der Waals surface area contributed by atoms with E-state index < -0.39 is 0 Å². The van der Waals surface area contributed by atoms with Gasteiger partial charge in [-0.3, -0.25) is 0 Å². The van der Waals surface area contributed by atoms with Crippen LogP contribution in [0, 0.1) is 0 Å². The fourth-order valence-corrected chi connectivity index (χ4v) is 2.54. The van der Waals surface area contributed by atoms with Crippen LogP contribution < -0.4 is 15.2 Å². The Bertz CT molecular complexity index is 442. The highest BCUT2D eigenvalue weighted by molar-refractivity contribution is 6.31. The van der Waals surface area contributed by atoms with E-state index in [1.807, 2.05) is 26.0 Å². The molecule has 0 aliphatic heterocycles. The van der Waals surface area contributed by atoms with E-state index in [9.17, 15) is 0 Å². The van der Waals surface area contributed by atoms with Crippen molar-refractivity contribution >= 4 is 11.6 Å². The first-order chi connectivity index (χ1) is 8.52.